The van der Waals surface area contributed by atoms with E-state index in [1.54, 1.807) is 12.1 Å². The van der Waals surface area contributed by atoms with Crippen LogP contribution in [0.4, 0.5) is 4.39 Å². The highest BCUT2D eigenvalue weighted by Gasteiger charge is 2.23. The van der Waals surface area contributed by atoms with Gasteiger partial charge in [0, 0.05) is 4.88 Å². The highest BCUT2D eigenvalue weighted by atomic mass is 32.2. The number of benzene rings is 1. The van der Waals surface area contributed by atoms with Gasteiger partial charge in [0.2, 0.25) is 0 Å². The fourth-order valence-corrected chi connectivity index (χ4v) is 3.81. The number of hydrogen-bond donors (Lipinski definition) is 0. The van der Waals surface area contributed by atoms with Crippen molar-refractivity contribution in [2.75, 3.05) is 5.75 Å². The molecule has 0 amide bonds. The second-order valence-electron chi connectivity index (χ2n) is 4.02. The molecule has 2 aromatic rings. The zero-order valence-electron chi connectivity index (χ0n) is 10.1. The van der Waals surface area contributed by atoms with Gasteiger partial charge in [-0.2, -0.15) is 0 Å². The van der Waals surface area contributed by atoms with Gasteiger partial charge in [0.1, 0.15) is 16.5 Å². The third-order valence-electron chi connectivity index (χ3n) is 2.51. The lowest BCUT2D eigenvalue weighted by molar-refractivity contribution is 0.102. The Morgan fingerprint density at radius 1 is 1.21 bits per heavy atom. The largest absolute Gasteiger partial charge is 0.292 e. The maximum atomic E-state index is 13.5. The van der Waals surface area contributed by atoms with Crippen LogP contribution in [-0.2, 0) is 9.84 Å². The van der Waals surface area contributed by atoms with Crippen LogP contribution in [0, 0.1) is 12.7 Å². The minimum Gasteiger partial charge on any atom is -0.292 e. The number of hydrogen-bond acceptors (Lipinski definition) is 4. The van der Waals surface area contributed by atoms with Crippen LogP contribution in [-0.4, -0.2) is 20.0 Å². The molecular formula is C13H11FO3S2. The van der Waals surface area contributed by atoms with Gasteiger partial charge in [0.05, 0.1) is 4.88 Å². The highest BCUT2D eigenvalue weighted by Crippen LogP contribution is 2.20. The van der Waals surface area contributed by atoms with Crippen molar-refractivity contribution in [2.45, 2.75) is 11.8 Å². The standard InChI is InChI=1S/C13H11FO3S2/c1-9-6-7-12(18-9)11(15)8-19(16,17)13-5-3-2-4-10(13)14/h2-7H,8H2,1H3. The lowest BCUT2D eigenvalue weighted by atomic mass is 10.3. The number of Topliss-reactive ketones (excluding diaryl/α,β-unsaturated/α-hetero) is 1. The minimum absolute atomic E-state index is 0.373. The van der Waals surface area contributed by atoms with Crippen LogP contribution in [0.2, 0.25) is 0 Å². The maximum Gasteiger partial charge on any atom is 0.188 e. The first-order chi connectivity index (χ1) is 8.90. The monoisotopic (exact) mass is 298 g/mol. The molecule has 2 rings (SSSR count). The average molecular weight is 298 g/mol. The molecule has 0 spiro atoms. The first-order valence-corrected chi connectivity index (χ1v) is 7.94. The van der Waals surface area contributed by atoms with Gasteiger partial charge in [0.15, 0.2) is 15.6 Å². The van der Waals surface area contributed by atoms with E-state index in [2.05, 4.69) is 0 Å². The molecule has 100 valence electrons. The summed E-state index contributed by atoms with van der Waals surface area (Å²) in [6.45, 7) is 1.83. The maximum absolute atomic E-state index is 13.5. The van der Waals surface area contributed by atoms with Crippen molar-refractivity contribution in [3.8, 4) is 0 Å². The molecule has 1 aromatic carbocycles. The lowest BCUT2D eigenvalue weighted by Gasteiger charge is -2.03. The molecule has 3 nitrogen and oxygen atoms in total. The minimum atomic E-state index is -3.95. The Morgan fingerprint density at radius 3 is 2.47 bits per heavy atom. The van der Waals surface area contributed by atoms with Crippen LogP contribution in [0.5, 0.6) is 0 Å². The molecule has 0 N–H and O–H groups in total. The van der Waals surface area contributed by atoms with E-state index in [4.69, 9.17) is 0 Å². The molecule has 0 radical (unpaired) electrons. The third-order valence-corrected chi connectivity index (χ3v) is 5.19. The number of rotatable bonds is 4. The number of carbonyl (C=O) groups is 1. The van der Waals surface area contributed by atoms with E-state index >= 15 is 0 Å². The molecule has 6 heteroatoms. The summed E-state index contributed by atoms with van der Waals surface area (Å²) in [7, 11) is -3.95. The van der Waals surface area contributed by atoms with Gasteiger partial charge in [-0.3, -0.25) is 4.79 Å². The van der Waals surface area contributed by atoms with Crippen molar-refractivity contribution >= 4 is 27.0 Å². The van der Waals surface area contributed by atoms with Crippen molar-refractivity contribution in [2.24, 2.45) is 0 Å². The molecule has 0 bridgehead atoms. The van der Waals surface area contributed by atoms with Gasteiger partial charge in [-0.25, -0.2) is 12.8 Å². The lowest BCUT2D eigenvalue weighted by Crippen LogP contribution is -2.16. The summed E-state index contributed by atoms with van der Waals surface area (Å²) in [5, 5.41) is 0. The predicted octanol–water partition coefficient (Wildman–Crippen LogP) is 2.85. The highest BCUT2D eigenvalue weighted by molar-refractivity contribution is 7.92. The summed E-state index contributed by atoms with van der Waals surface area (Å²) in [6, 6.07) is 8.38. The Morgan fingerprint density at radius 2 is 1.89 bits per heavy atom. The molecule has 1 aromatic heterocycles. The molecule has 0 saturated heterocycles. The van der Waals surface area contributed by atoms with Crippen molar-refractivity contribution < 1.29 is 17.6 Å². The van der Waals surface area contributed by atoms with Crippen LogP contribution < -0.4 is 0 Å². The smallest absolute Gasteiger partial charge is 0.188 e. The second kappa shape index (κ2) is 5.22. The summed E-state index contributed by atoms with van der Waals surface area (Å²) in [5.41, 5.74) is 0. The molecule has 0 aliphatic carbocycles. The van der Waals surface area contributed by atoms with Crippen LogP contribution in [0.15, 0.2) is 41.3 Å². The van der Waals surface area contributed by atoms with E-state index in [9.17, 15) is 17.6 Å². The van der Waals surface area contributed by atoms with Crippen LogP contribution in [0.3, 0.4) is 0 Å². The zero-order chi connectivity index (χ0) is 14.0. The SMILES string of the molecule is Cc1ccc(C(=O)CS(=O)(=O)c2ccccc2F)s1. The molecular weight excluding hydrogens is 287 g/mol. The summed E-state index contributed by atoms with van der Waals surface area (Å²) in [4.78, 5) is 12.7. The summed E-state index contributed by atoms with van der Waals surface area (Å²) < 4.78 is 37.4. The first-order valence-electron chi connectivity index (χ1n) is 5.47. The van der Waals surface area contributed by atoms with Crippen molar-refractivity contribution in [3.05, 3.63) is 52.0 Å². The van der Waals surface area contributed by atoms with Crippen molar-refractivity contribution in [1.82, 2.24) is 0 Å². The van der Waals surface area contributed by atoms with Crippen molar-refractivity contribution in [1.29, 1.82) is 0 Å². The normalized spacial score (nSPS) is 11.5. The molecule has 0 aliphatic heterocycles. The Bertz CT molecular complexity index is 717. The van der Waals surface area contributed by atoms with Gasteiger partial charge in [-0.05, 0) is 31.2 Å². The molecule has 0 saturated carbocycles. The Kier molecular flexibility index (Phi) is 3.82. The first kappa shape index (κ1) is 13.9. The second-order valence-corrected chi connectivity index (χ2v) is 7.27. The van der Waals surface area contributed by atoms with Crippen LogP contribution >= 0.6 is 11.3 Å². The quantitative estimate of drug-likeness (QED) is 0.816. The third kappa shape index (κ3) is 3.08. The Hall–Kier alpha value is -1.53. The molecule has 0 atom stereocenters. The summed E-state index contributed by atoms with van der Waals surface area (Å²) in [5.74, 6) is -2.06. The Balaban J connectivity index is 2.28. The zero-order valence-corrected chi connectivity index (χ0v) is 11.7. The Labute approximate surface area is 114 Å². The molecule has 1 heterocycles. The number of carbonyl (C=O) groups excluding carboxylic acids is 1. The molecule has 19 heavy (non-hydrogen) atoms. The van der Waals surface area contributed by atoms with Gasteiger partial charge in [-0.15, -0.1) is 11.3 Å². The summed E-state index contributed by atoms with van der Waals surface area (Å²) >= 11 is 1.23. The topological polar surface area (TPSA) is 51.2 Å². The van der Waals surface area contributed by atoms with E-state index < -0.39 is 32.1 Å². The van der Waals surface area contributed by atoms with Gasteiger partial charge < -0.3 is 0 Å². The fourth-order valence-electron chi connectivity index (χ4n) is 1.60. The van der Waals surface area contributed by atoms with Crippen LogP contribution in [0.1, 0.15) is 14.5 Å². The number of halogens is 1. The fraction of sp³-hybridized carbons (Fsp3) is 0.154. The van der Waals surface area contributed by atoms with E-state index in [1.807, 2.05) is 6.92 Å². The van der Waals surface area contributed by atoms with E-state index in [1.165, 1.54) is 23.5 Å². The number of thiophene rings is 1. The number of sulfone groups is 1. The van der Waals surface area contributed by atoms with Crippen molar-refractivity contribution in [3.63, 3.8) is 0 Å². The average Bonchev–Trinajstić information content (AvgIpc) is 2.76. The molecule has 0 aliphatic rings. The predicted molar refractivity (Wildman–Crippen MR) is 71.8 cm³/mol. The van der Waals surface area contributed by atoms with E-state index in [0.717, 1.165) is 17.0 Å². The van der Waals surface area contributed by atoms with Gasteiger partial charge in [0.25, 0.3) is 0 Å². The number of aryl methyl sites for hydroxylation is 1. The summed E-state index contributed by atoms with van der Waals surface area (Å²) in [6.07, 6.45) is 0. The molecule has 0 unspecified atom stereocenters. The molecule has 0 fully saturated rings. The van der Waals surface area contributed by atoms with Gasteiger partial charge >= 0.3 is 0 Å². The van der Waals surface area contributed by atoms with Gasteiger partial charge in [-0.1, -0.05) is 12.1 Å². The van der Waals surface area contributed by atoms with E-state index in [-0.39, 0.29) is 0 Å². The van der Waals surface area contributed by atoms with E-state index in [0.29, 0.717) is 4.88 Å². The number of ketones is 1. The van der Waals surface area contributed by atoms with Crippen LogP contribution in [0.25, 0.3) is 0 Å².